The Kier molecular flexibility index (Phi) is 8.75. The van der Waals surface area contributed by atoms with E-state index in [1.54, 1.807) is 26.0 Å². The molecule has 0 saturated heterocycles. The summed E-state index contributed by atoms with van der Waals surface area (Å²) in [7, 11) is 1.20. The Labute approximate surface area is 188 Å². The Balaban J connectivity index is 2.25. The number of ether oxygens (including phenoxy) is 2. The van der Waals surface area contributed by atoms with Crippen molar-refractivity contribution in [1.29, 1.82) is 0 Å². The lowest BCUT2D eigenvalue weighted by Gasteiger charge is -2.30. The fourth-order valence-electron chi connectivity index (χ4n) is 3.45. The summed E-state index contributed by atoms with van der Waals surface area (Å²) < 4.78 is 40.9. The number of esters is 1. The maximum Gasteiger partial charge on any atom is 0.408 e. The summed E-state index contributed by atoms with van der Waals surface area (Å²) in [5.41, 5.74) is 1.19. The number of alkyl halides is 2. The molecule has 2 atom stereocenters. The van der Waals surface area contributed by atoms with Crippen molar-refractivity contribution in [2.45, 2.75) is 52.2 Å². The van der Waals surface area contributed by atoms with Crippen LogP contribution in [-0.4, -0.2) is 31.3 Å². The van der Waals surface area contributed by atoms with Gasteiger partial charge in [0.1, 0.15) is 6.04 Å². The van der Waals surface area contributed by atoms with Gasteiger partial charge in [0.2, 0.25) is 0 Å². The van der Waals surface area contributed by atoms with Crippen LogP contribution in [0, 0.1) is 11.8 Å². The third-order valence-corrected chi connectivity index (χ3v) is 5.04. The second kappa shape index (κ2) is 11.1. The molecule has 0 spiro atoms. The van der Waals surface area contributed by atoms with E-state index in [0.29, 0.717) is 12.0 Å². The van der Waals surface area contributed by atoms with Gasteiger partial charge in [-0.2, -0.15) is 8.78 Å². The summed E-state index contributed by atoms with van der Waals surface area (Å²) in [5, 5.41) is 2.38. The molecule has 7 heteroatoms. The first-order chi connectivity index (χ1) is 15.1. The minimum Gasteiger partial charge on any atom is -0.467 e. The topological polar surface area (TPSA) is 64.6 Å². The van der Waals surface area contributed by atoms with Crippen LogP contribution < -0.4 is 5.32 Å². The Morgan fingerprint density at radius 3 is 2.16 bits per heavy atom. The number of rotatable bonds is 9. The van der Waals surface area contributed by atoms with Gasteiger partial charge >= 0.3 is 18.0 Å². The van der Waals surface area contributed by atoms with Gasteiger partial charge in [-0.1, -0.05) is 76.2 Å². The van der Waals surface area contributed by atoms with Gasteiger partial charge in [-0.15, -0.1) is 0 Å². The Bertz CT molecular complexity index is 900. The number of benzene rings is 2. The molecule has 174 valence electrons. The van der Waals surface area contributed by atoms with Crippen molar-refractivity contribution in [3.05, 3.63) is 60.2 Å². The molecule has 2 aromatic carbocycles. The SMILES string of the molecule is COC(=O)[C@H](CC(C)C)NC(=O)OC(C(C)C)C(F)(F)c1cccc(-c2ccccc2)c1. The van der Waals surface area contributed by atoms with Crippen molar-refractivity contribution >= 4 is 12.1 Å². The smallest absolute Gasteiger partial charge is 0.408 e. The monoisotopic (exact) mass is 447 g/mol. The summed E-state index contributed by atoms with van der Waals surface area (Å²) in [4.78, 5) is 24.4. The molecular weight excluding hydrogens is 416 g/mol. The Hall–Kier alpha value is -2.96. The first-order valence-corrected chi connectivity index (χ1v) is 10.6. The van der Waals surface area contributed by atoms with Crippen LogP contribution in [0.1, 0.15) is 39.7 Å². The molecule has 1 N–H and O–H groups in total. The number of nitrogens with one attached hydrogen (secondary N) is 1. The molecule has 0 aliphatic heterocycles. The van der Waals surface area contributed by atoms with E-state index in [0.717, 1.165) is 5.56 Å². The molecule has 0 aromatic heterocycles. The molecular formula is C25H31F2NO4. The van der Waals surface area contributed by atoms with Crippen LogP contribution in [0.15, 0.2) is 54.6 Å². The van der Waals surface area contributed by atoms with Crippen LogP contribution in [0.25, 0.3) is 11.1 Å². The van der Waals surface area contributed by atoms with Gasteiger partial charge in [-0.3, -0.25) is 0 Å². The van der Waals surface area contributed by atoms with Gasteiger partial charge < -0.3 is 14.8 Å². The van der Waals surface area contributed by atoms with Crippen LogP contribution in [-0.2, 0) is 20.2 Å². The molecule has 2 aromatic rings. The third kappa shape index (κ3) is 6.52. The molecule has 32 heavy (non-hydrogen) atoms. The van der Waals surface area contributed by atoms with E-state index in [1.807, 2.05) is 44.2 Å². The molecule has 1 amide bonds. The van der Waals surface area contributed by atoms with E-state index in [4.69, 9.17) is 9.47 Å². The maximum absolute atomic E-state index is 15.5. The number of hydrogen-bond acceptors (Lipinski definition) is 4. The van der Waals surface area contributed by atoms with E-state index >= 15 is 8.78 Å². The molecule has 0 aliphatic carbocycles. The molecule has 1 unspecified atom stereocenters. The molecule has 0 aliphatic rings. The Morgan fingerprint density at radius 2 is 1.59 bits per heavy atom. The summed E-state index contributed by atoms with van der Waals surface area (Å²) >= 11 is 0. The predicted molar refractivity (Wildman–Crippen MR) is 119 cm³/mol. The Morgan fingerprint density at radius 1 is 0.969 bits per heavy atom. The van der Waals surface area contributed by atoms with Crippen molar-refractivity contribution < 1.29 is 27.8 Å². The van der Waals surface area contributed by atoms with Crippen LogP contribution in [0.5, 0.6) is 0 Å². The largest absolute Gasteiger partial charge is 0.467 e. The van der Waals surface area contributed by atoms with Gasteiger partial charge in [-0.05, 0) is 35.4 Å². The molecule has 5 nitrogen and oxygen atoms in total. The second-order valence-electron chi connectivity index (χ2n) is 8.49. The highest BCUT2D eigenvalue weighted by atomic mass is 19.3. The average molecular weight is 448 g/mol. The lowest BCUT2D eigenvalue weighted by molar-refractivity contribution is -0.145. The lowest BCUT2D eigenvalue weighted by Crippen LogP contribution is -2.47. The van der Waals surface area contributed by atoms with Gasteiger partial charge in [0, 0.05) is 5.56 Å². The van der Waals surface area contributed by atoms with Crippen molar-refractivity contribution in [3.8, 4) is 11.1 Å². The fourth-order valence-corrected chi connectivity index (χ4v) is 3.45. The normalized spacial score (nSPS) is 13.5. The van der Waals surface area contributed by atoms with Crippen molar-refractivity contribution in [1.82, 2.24) is 5.32 Å². The number of carbonyl (C=O) groups excluding carboxylic acids is 2. The molecule has 0 radical (unpaired) electrons. The molecule has 0 heterocycles. The van der Waals surface area contributed by atoms with E-state index in [9.17, 15) is 9.59 Å². The molecule has 0 bridgehead atoms. The third-order valence-electron chi connectivity index (χ3n) is 5.04. The van der Waals surface area contributed by atoms with Crippen LogP contribution in [0.2, 0.25) is 0 Å². The summed E-state index contributed by atoms with van der Waals surface area (Å²) in [6.07, 6.45) is -2.52. The molecule has 2 rings (SSSR count). The zero-order valence-corrected chi connectivity index (χ0v) is 19.1. The van der Waals surface area contributed by atoms with E-state index in [-0.39, 0.29) is 11.5 Å². The zero-order chi connectivity index (χ0) is 23.9. The quantitative estimate of drug-likeness (QED) is 0.495. The summed E-state index contributed by atoms with van der Waals surface area (Å²) in [5.74, 6) is -4.71. The minimum atomic E-state index is -3.45. The number of alkyl carbamates (subject to hydrolysis) is 1. The van der Waals surface area contributed by atoms with Crippen molar-refractivity contribution in [2.75, 3.05) is 7.11 Å². The van der Waals surface area contributed by atoms with Crippen LogP contribution in [0.4, 0.5) is 13.6 Å². The number of carbonyl (C=O) groups is 2. The summed E-state index contributed by atoms with van der Waals surface area (Å²) in [6.45, 7) is 6.85. The average Bonchev–Trinajstić information content (AvgIpc) is 2.76. The van der Waals surface area contributed by atoms with Gasteiger partial charge in [0.15, 0.2) is 6.10 Å². The minimum absolute atomic E-state index is 0.0717. The zero-order valence-electron chi connectivity index (χ0n) is 19.1. The van der Waals surface area contributed by atoms with Gasteiger partial charge in [-0.25, -0.2) is 9.59 Å². The fraction of sp³-hybridized carbons (Fsp3) is 0.440. The molecule has 0 fully saturated rings. The highest BCUT2D eigenvalue weighted by Crippen LogP contribution is 2.38. The maximum atomic E-state index is 15.5. The van der Waals surface area contributed by atoms with E-state index in [2.05, 4.69) is 5.32 Å². The standard InChI is InChI=1S/C25H31F2NO4/c1-16(2)14-21(23(29)31-5)28-24(30)32-22(17(3)4)25(26,27)20-13-9-12-19(15-20)18-10-7-6-8-11-18/h6-13,15-17,21-22H,14H2,1-5H3,(H,28,30)/t21-,22?/m0/s1. The van der Waals surface area contributed by atoms with Gasteiger partial charge in [0.05, 0.1) is 7.11 Å². The predicted octanol–water partition coefficient (Wildman–Crippen LogP) is 5.78. The lowest BCUT2D eigenvalue weighted by atomic mass is 9.92. The van der Waals surface area contributed by atoms with E-state index < -0.39 is 36.0 Å². The second-order valence-corrected chi connectivity index (χ2v) is 8.49. The highest BCUT2D eigenvalue weighted by molar-refractivity contribution is 5.81. The highest BCUT2D eigenvalue weighted by Gasteiger charge is 2.46. The molecule has 0 saturated carbocycles. The van der Waals surface area contributed by atoms with Crippen molar-refractivity contribution in [3.63, 3.8) is 0 Å². The number of halogens is 2. The van der Waals surface area contributed by atoms with Crippen molar-refractivity contribution in [2.24, 2.45) is 11.8 Å². The van der Waals surface area contributed by atoms with E-state index in [1.165, 1.54) is 19.2 Å². The summed E-state index contributed by atoms with van der Waals surface area (Å²) in [6, 6.07) is 14.2. The number of hydrogen-bond donors (Lipinski definition) is 1. The van der Waals surface area contributed by atoms with Crippen LogP contribution in [0.3, 0.4) is 0 Å². The first kappa shape index (κ1) is 25.3. The first-order valence-electron chi connectivity index (χ1n) is 10.6. The van der Waals surface area contributed by atoms with Gasteiger partial charge in [0.25, 0.3) is 0 Å². The van der Waals surface area contributed by atoms with Crippen LogP contribution >= 0.6 is 0 Å². The number of methoxy groups -OCH3 is 1. The number of amides is 1.